The number of carbonyl (C=O) groups excluding carboxylic acids is 1. The maximum Gasteiger partial charge on any atom is 0.282 e. The van der Waals surface area contributed by atoms with Gasteiger partial charge in [0.1, 0.15) is 0 Å². The largest absolute Gasteiger partial charge is 0.361 e. The standard InChI is InChI=1S/C24H26N4O/c1-24(2)19-13-9-10-14-20(19)27(5)21(24)16-15-18-22(26(3)4)25-28(23(18)29)17-11-7-6-8-12-17/h6-16H,1-5H3. The van der Waals surface area contributed by atoms with Gasteiger partial charge in [0.05, 0.1) is 11.3 Å². The third kappa shape index (κ3) is 3.03. The second-order valence-corrected chi connectivity index (χ2v) is 8.10. The summed E-state index contributed by atoms with van der Waals surface area (Å²) in [6.07, 6.45) is 3.96. The minimum Gasteiger partial charge on any atom is -0.361 e. The van der Waals surface area contributed by atoms with Gasteiger partial charge in [-0.3, -0.25) is 4.79 Å². The molecule has 2 aromatic rings. The molecule has 0 saturated heterocycles. The summed E-state index contributed by atoms with van der Waals surface area (Å²) in [7, 11) is 5.89. The predicted octanol–water partition coefficient (Wildman–Crippen LogP) is 4.15. The fourth-order valence-electron chi connectivity index (χ4n) is 4.09. The summed E-state index contributed by atoms with van der Waals surface area (Å²) < 4.78 is 0. The number of allylic oxidation sites excluding steroid dienone is 3. The Hall–Kier alpha value is -3.34. The third-order valence-corrected chi connectivity index (χ3v) is 5.63. The van der Waals surface area contributed by atoms with Crippen molar-refractivity contribution in [1.29, 1.82) is 0 Å². The molecular formula is C24H26N4O. The molecule has 5 nitrogen and oxygen atoms in total. The van der Waals surface area contributed by atoms with E-state index >= 15 is 0 Å². The highest BCUT2D eigenvalue weighted by atomic mass is 16.2. The first kappa shape index (κ1) is 19.0. The molecule has 0 saturated carbocycles. The maximum atomic E-state index is 13.2. The van der Waals surface area contributed by atoms with Crippen LogP contribution in [0.25, 0.3) is 0 Å². The van der Waals surface area contributed by atoms with E-state index in [2.05, 4.69) is 61.2 Å². The number of fused-ring (bicyclic) bond motifs is 1. The predicted molar refractivity (Wildman–Crippen MR) is 119 cm³/mol. The minimum atomic E-state index is -0.140. The number of para-hydroxylation sites is 2. The number of rotatable bonds is 2. The van der Waals surface area contributed by atoms with Crippen LogP contribution in [0.4, 0.5) is 11.4 Å². The molecule has 148 valence electrons. The number of hydrazone groups is 1. The van der Waals surface area contributed by atoms with Crippen LogP contribution in [0.5, 0.6) is 0 Å². The third-order valence-electron chi connectivity index (χ3n) is 5.63. The normalized spacial score (nSPS) is 20.4. The van der Waals surface area contributed by atoms with Gasteiger partial charge in [-0.05, 0) is 35.9 Å². The highest BCUT2D eigenvalue weighted by Crippen LogP contribution is 2.46. The van der Waals surface area contributed by atoms with Crippen molar-refractivity contribution in [2.24, 2.45) is 5.10 Å². The summed E-state index contributed by atoms with van der Waals surface area (Å²) >= 11 is 0. The van der Waals surface area contributed by atoms with Gasteiger partial charge in [0.2, 0.25) is 0 Å². The van der Waals surface area contributed by atoms with Crippen molar-refractivity contribution in [3.63, 3.8) is 0 Å². The molecule has 2 aromatic carbocycles. The summed E-state index contributed by atoms with van der Waals surface area (Å²) in [5.41, 5.74) is 4.85. The summed E-state index contributed by atoms with van der Waals surface area (Å²) in [5, 5.41) is 6.05. The molecule has 0 aromatic heterocycles. The first-order valence-corrected chi connectivity index (χ1v) is 9.74. The Morgan fingerprint density at radius 3 is 2.28 bits per heavy atom. The summed E-state index contributed by atoms with van der Waals surface area (Å²) in [5.74, 6) is 0.541. The highest BCUT2D eigenvalue weighted by molar-refractivity contribution is 6.29. The molecule has 2 aliphatic heterocycles. The van der Waals surface area contributed by atoms with Crippen LogP contribution < -0.4 is 9.91 Å². The van der Waals surface area contributed by atoms with Gasteiger partial charge in [-0.2, -0.15) is 5.01 Å². The van der Waals surface area contributed by atoms with E-state index in [1.165, 1.54) is 16.3 Å². The summed E-state index contributed by atoms with van der Waals surface area (Å²) in [6, 6.07) is 18.0. The van der Waals surface area contributed by atoms with E-state index < -0.39 is 0 Å². The second kappa shape index (κ2) is 6.92. The molecule has 0 aliphatic carbocycles. The molecular weight excluding hydrogens is 360 g/mol. The first-order valence-electron chi connectivity index (χ1n) is 9.74. The van der Waals surface area contributed by atoms with E-state index in [-0.39, 0.29) is 11.3 Å². The lowest BCUT2D eigenvalue weighted by Crippen LogP contribution is -2.25. The van der Waals surface area contributed by atoms with E-state index in [1.807, 2.05) is 55.4 Å². The van der Waals surface area contributed by atoms with Crippen LogP contribution in [0, 0.1) is 0 Å². The summed E-state index contributed by atoms with van der Waals surface area (Å²) in [4.78, 5) is 17.2. The Morgan fingerprint density at radius 1 is 0.966 bits per heavy atom. The monoisotopic (exact) mass is 386 g/mol. The van der Waals surface area contributed by atoms with Crippen LogP contribution in [-0.4, -0.2) is 37.8 Å². The smallest absolute Gasteiger partial charge is 0.282 e. The minimum absolute atomic E-state index is 0.118. The van der Waals surface area contributed by atoms with Crippen molar-refractivity contribution in [1.82, 2.24) is 4.90 Å². The van der Waals surface area contributed by atoms with Crippen LogP contribution in [0.1, 0.15) is 19.4 Å². The molecule has 0 radical (unpaired) electrons. The van der Waals surface area contributed by atoms with Gasteiger partial charge in [0.15, 0.2) is 5.84 Å². The number of amidine groups is 1. The Kier molecular flexibility index (Phi) is 4.53. The molecule has 2 aliphatic rings. The Morgan fingerprint density at radius 2 is 1.62 bits per heavy atom. The molecule has 29 heavy (non-hydrogen) atoms. The number of hydrogen-bond acceptors (Lipinski definition) is 4. The zero-order chi connectivity index (χ0) is 20.8. The van der Waals surface area contributed by atoms with Crippen molar-refractivity contribution in [3.8, 4) is 0 Å². The van der Waals surface area contributed by atoms with E-state index in [9.17, 15) is 4.79 Å². The highest BCUT2D eigenvalue weighted by Gasteiger charge is 2.38. The fourth-order valence-corrected chi connectivity index (χ4v) is 4.09. The second-order valence-electron chi connectivity index (χ2n) is 8.10. The Labute approximate surface area is 172 Å². The first-order chi connectivity index (χ1) is 13.8. The maximum absolute atomic E-state index is 13.2. The van der Waals surface area contributed by atoms with Gasteiger partial charge in [-0.1, -0.05) is 50.2 Å². The lowest BCUT2D eigenvalue weighted by molar-refractivity contribution is -0.114. The number of carbonyl (C=O) groups is 1. The lowest BCUT2D eigenvalue weighted by atomic mass is 9.83. The average Bonchev–Trinajstić information content (AvgIpc) is 3.14. The quantitative estimate of drug-likeness (QED) is 0.728. The molecule has 0 atom stereocenters. The lowest BCUT2D eigenvalue weighted by Gasteiger charge is -2.23. The van der Waals surface area contributed by atoms with E-state index in [4.69, 9.17) is 0 Å². The van der Waals surface area contributed by atoms with Crippen LogP contribution in [0.3, 0.4) is 0 Å². The van der Waals surface area contributed by atoms with E-state index in [0.717, 1.165) is 11.4 Å². The van der Waals surface area contributed by atoms with E-state index in [0.29, 0.717) is 11.4 Å². The van der Waals surface area contributed by atoms with Crippen molar-refractivity contribution in [2.75, 3.05) is 31.1 Å². The number of anilines is 2. The van der Waals surface area contributed by atoms with Crippen LogP contribution in [0.2, 0.25) is 0 Å². The molecule has 1 amide bonds. The van der Waals surface area contributed by atoms with Crippen molar-refractivity contribution >= 4 is 23.1 Å². The fraction of sp³-hybridized carbons (Fsp3) is 0.250. The van der Waals surface area contributed by atoms with Gasteiger partial charge in [-0.25, -0.2) is 0 Å². The van der Waals surface area contributed by atoms with Crippen molar-refractivity contribution in [3.05, 3.63) is 83.6 Å². The Balaban J connectivity index is 1.74. The van der Waals surface area contributed by atoms with Crippen LogP contribution >= 0.6 is 0 Å². The Bertz CT molecular complexity index is 1050. The SMILES string of the molecule is CN(C)C1=NN(c2ccccc2)C(=O)C1=CC=C1N(C)c2ccccc2C1(C)C. The number of nitrogens with zero attached hydrogens (tertiary/aromatic N) is 4. The van der Waals surface area contributed by atoms with Gasteiger partial charge in [0.25, 0.3) is 5.91 Å². The zero-order valence-electron chi connectivity index (χ0n) is 17.5. The zero-order valence-corrected chi connectivity index (χ0v) is 17.5. The van der Waals surface area contributed by atoms with Crippen LogP contribution in [0.15, 0.2) is 83.1 Å². The molecule has 0 bridgehead atoms. The van der Waals surface area contributed by atoms with E-state index in [1.54, 1.807) is 0 Å². The molecule has 4 rings (SSSR count). The number of benzene rings is 2. The molecule has 0 N–H and O–H groups in total. The van der Waals surface area contributed by atoms with Crippen LogP contribution in [-0.2, 0) is 10.2 Å². The summed E-state index contributed by atoms with van der Waals surface area (Å²) in [6.45, 7) is 4.43. The molecule has 5 heteroatoms. The number of hydrogen-bond donors (Lipinski definition) is 0. The number of likely N-dealkylation sites (N-methyl/N-ethyl adjacent to an activating group) is 2. The van der Waals surface area contributed by atoms with Crippen molar-refractivity contribution < 1.29 is 4.79 Å². The molecule has 0 fully saturated rings. The average molecular weight is 386 g/mol. The van der Waals surface area contributed by atoms with Crippen molar-refractivity contribution in [2.45, 2.75) is 19.3 Å². The molecule has 0 unspecified atom stereocenters. The van der Waals surface area contributed by atoms with Gasteiger partial charge in [-0.15, -0.1) is 5.10 Å². The van der Waals surface area contributed by atoms with Gasteiger partial charge < -0.3 is 9.80 Å². The van der Waals surface area contributed by atoms with Gasteiger partial charge in [0, 0.05) is 37.9 Å². The number of amides is 1. The molecule has 0 spiro atoms. The topological polar surface area (TPSA) is 39.1 Å². The van der Waals surface area contributed by atoms with Gasteiger partial charge >= 0.3 is 0 Å². The molecule has 2 heterocycles.